The summed E-state index contributed by atoms with van der Waals surface area (Å²) in [5.74, 6) is 0. The Bertz CT molecular complexity index is 143. The summed E-state index contributed by atoms with van der Waals surface area (Å²) < 4.78 is 36.9. The number of hydrogen-bond donors (Lipinski definition) is 1. The van der Waals surface area contributed by atoms with Gasteiger partial charge in [0.1, 0.15) is 6.61 Å². The fourth-order valence-electron chi connectivity index (χ4n) is 0.268. The second-order valence-corrected chi connectivity index (χ2v) is 3.72. The van der Waals surface area contributed by atoms with Crippen LogP contribution in [0.5, 0.6) is 0 Å². The molecule has 0 aliphatic carbocycles. The van der Waals surface area contributed by atoms with Crippen LogP contribution >= 0.6 is 34.8 Å². The first-order valence-electron chi connectivity index (χ1n) is 2.56. The van der Waals surface area contributed by atoms with E-state index in [0.717, 1.165) is 0 Å². The van der Waals surface area contributed by atoms with Crippen molar-refractivity contribution in [2.75, 3.05) is 6.61 Å². The lowest BCUT2D eigenvalue weighted by molar-refractivity contribution is -0.200. The lowest BCUT2D eigenvalue weighted by Crippen LogP contribution is -2.33. The summed E-state index contributed by atoms with van der Waals surface area (Å²) in [5.41, 5.74) is 0. The first-order chi connectivity index (χ1) is 5.13. The summed E-state index contributed by atoms with van der Waals surface area (Å²) in [6.45, 7) is -1.11. The summed E-state index contributed by atoms with van der Waals surface area (Å²) in [7, 11) is 0. The van der Waals surface area contributed by atoms with Crippen LogP contribution in [0.1, 0.15) is 0 Å². The van der Waals surface area contributed by atoms with Gasteiger partial charge in [-0.25, -0.2) is 4.39 Å². The number of aliphatic hydroxyl groups is 1. The fraction of sp³-hybridized carbons (Fsp3) is 1.00. The maximum absolute atomic E-state index is 12.1. The van der Waals surface area contributed by atoms with E-state index in [2.05, 4.69) is 16.3 Å². The largest absolute Gasteiger partial charge is 0.371 e. The van der Waals surface area contributed by atoms with E-state index in [4.69, 9.17) is 28.3 Å². The van der Waals surface area contributed by atoms with Crippen LogP contribution in [0.2, 0.25) is 0 Å². The van der Waals surface area contributed by atoms with E-state index >= 15 is 0 Å². The lowest BCUT2D eigenvalue weighted by Gasteiger charge is -2.18. The molecule has 74 valence electrons. The molecule has 0 aromatic heterocycles. The van der Waals surface area contributed by atoms with Crippen molar-refractivity contribution in [3.05, 3.63) is 0 Å². The minimum atomic E-state index is -4.00. The standard InChI is InChI=1S/C4H4Cl3F3O2/c5-3(6,8)1-12-2(11)4(7,9)10/h2,11H,1H2. The van der Waals surface area contributed by atoms with E-state index in [1.54, 1.807) is 0 Å². The Morgan fingerprint density at radius 3 is 1.92 bits per heavy atom. The molecule has 8 heteroatoms. The second-order valence-electron chi connectivity index (χ2n) is 1.82. The van der Waals surface area contributed by atoms with Crippen LogP contribution in [0.15, 0.2) is 0 Å². The highest BCUT2D eigenvalue weighted by atomic mass is 35.5. The van der Waals surface area contributed by atoms with Gasteiger partial charge in [0.2, 0.25) is 6.29 Å². The normalized spacial score (nSPS) is 16.2. The van der Waals surface area contributed by atoms with Crippen LogP contribution < -0.4 is 0 Å². The Morgan fingerprint density at radius 2 is 1.67 bits per heavy atom. The molecule has 0 aliphatic rings. The molecule has 0 bridgehead atoms. The van der Waals surface area contributed by atoms with Crippen molar-refractivity contribution < 1.29 is 23.0 Å². The maximum atomic E-state index is 12.1. The van der Waals surface area contributed by atoms with Crippen LogP contribution in [-0.4, -0.2) is 28.0 Å². The number of halogens is 6. The van der Waals surface area contributed by atoms with Crippen molar-refractivity contribution in [1.29, 1.82) is 0 Å². The molecule has 0 saturated heterocycles. The number of aliphatic hydroxyl groups excluding tert-OH is 1. The Kier molecular flexibility index (Phi) is 4.40. The monoisotopic (exact) mass is 246 g/mol. The molecule has 12 heavy (non-hydrogen) atoms. The molecule has 0 rings (SSSR count). The van der Waals surface area contributed by atoms with Gasteiger partial charge in [-0.1, -0.05) is 23.2 Å². The van der Waals surface area contributed by atoms with E-state index in [-0.39, 0.29) is 0 Å². The van der Waals surface area contributed by atoms with Gasteiger partial charge in [0.25, 0.3) is 4.59 Å². The van der Waals surface area contributed by atoms with Gasteiger partial charge < -0.3 is 9.84 Å². The highest BCUT2D eigenvalue weighted by Crippen LogP contribution is 2.28. The molecule has 1 unspecified atom stereocenters. The van der Waals surface area contributed by atoms with Gasteiger partial charge in [-0.05, 0) is 11.6 Å². The minimum absolute atomic E-state index is 1.11. The van der Waals surface area contributed by atoms with Gasteiger partial charge in [0.05, 0.1) is 0 Å². The zero-order valence-corrected chi connectivity index (χ0v) is 7.68. The maximum Gasteiger partial charge on any atom is 0.371 e. The Balaban J connectivity index is 3.80. The van der Waals surface area contributed by atoms with Gasteiger partial charge in [-0.2, -0.15) is 8.78 Å². The Hall–Kier alpha value is 0.580. The molecule has 0 saturated carbocycles. The fourth-order valence-corrected chi connectivity index (χ4v) is 0.457. The minimum Gasteiger partial charge on any atom is -0.362 e. The molecule has 0 aromatic rings. The molecule has 1 atom stereocenters. The topological polar surface area (TPSA) is 29.5 Å². The average Bonchev–Trinajstić information content (AvgIpc) is 1.78. The molecule has 0 heterocycles. The van der Waals surface area contributed by atoms with Crippen molar-refractivity contribution in [3.63, 3.8) is 0 Å². The quantitative estimate of drug-likeness (QED) is 0.610. The van der Waals surface area contributed by atoms with E-state index in [9.17, 15) is 13.2 Å². The molecule has 0 aromatic carbocycles. The van der Waals surface area contributed by atoms with Crippen molar-refractivity contribution in [2.24, 2.45) is 0 Å². The van der Waals surface area contributed by atoms with Crippen LogP contribution in [-0.2, 0) is 4.74 Å². The third-order valence-corrected chi connectivity index (χ3v) is 1.09. The van der Waals surface area contributed by atoms with Gasteiger partial charge in [-0.15, -0.1) is 0 Å². The molecule has 0 radical (unpaired) electrons. The zero-order valence-electron chi connectivity index (χ0n) is 5.41. The molecule has 2 nitrogen and oxygen atoms in total. The predicted molar refractivity (Wildman–Crippen MR) is 38.3 cm³/mol. The SMILES string of the molecule is OC(OCC(F)(Cl)Cl)C(F)(F)Cl. The van der Waals surface area contributed by atoms with E-state index < -0.39 is 22.9 Å². The van der Waals surface area contributed by atoms with E-state index in [0.29, 0.717) is 0 Å². The summed E-state index contributed by atoms with van der Waals surface area (Å²) in [4.78, 5) is 0. The smallest absolute Gasteiger partial charge is 0.362 e. The number of rotatable bonds is 4. The van der Waals surface area contributed by atoms with E-state index in [1.165, 1.54) is 0 Å². The molecular formula is C4H4Cl3F3O2. The highest BCUT2D eigenvalue weighted by molar-refractivity contribution is 6.47. The van der Waals surface area contributed by atoms with Crippen LogP contribution in [0, 0.1) is 0 Å². The summed E-state index contributed by atoms with van der Waals surface area (Å²) in [5, 5.41) is 4.36. The highest BCUT2D eigenvalue weighted by Gasteiger charge is 2.38. The van der Waals surface area contributed by atoms with Gasteiger partial charge in [0, 0.05) is 0 Å². The number of ether oxygens (including phenoxy) is 1. The van der Waals surface area contributed by atoms with Crippen LogP contribution in [0.25, 0.3) is 0 Å². The molecule has 0 aliphatic heterocycles. The van der Waals surface area contributed by atoms with Crippen molar-refractivity contribution >= 4 is 34.8 Å². The summed E-state index contributed by atoms with van der Waals surface area (Å²) >= 11 is 13.7. The molecule has 1 N–H and O–H groups in total. The molecule has 0 amide bonds. The predicted octanol–water partition coefficient (Wildman–Crippen LogP) is 2.25. The summed E-state index contributed by atoms with van der Waals surface area (Å²) in [6.07, 6.45) is -2.65. The number of hydrogen-bond acceptors (Lipinski definition) is 2. The number of alkyl halides is 6. The first kappa shape index (κ1) is 12.6. The molecule has 0 spiro atoms. The van der Waals surface area contributed by atoms with Crippen LogP contribution in [0.3, 0.4) is 0 Å². The lowest BCUT2D eigenvalue weighted by atomic mass is 10.6. The Morgan fingerprint density at radius 1 is 1.25 bits per heavy atom. The van der Waals surface area contributed by atoms with Gasteiger partial charge in [0.15, 0.2) is 0 Å². The van der Waals surface area contributed by atoms with Crippen molar-refractivity contribution in [3.8, 4) is 0 Å². The molecule has 0 fully saturated rings. The average molecular weight is 247 g/mol. The third kappa shape index (κ3) is 6.14. The van der Waals surface area contributed by atoms with Crippen molar-refractivity contribution in [1.82, 2.24) is 0 Å². The van der Waals surface area contributed by atoms with E-state index in [1.807, 2.05) is 0 Å². The first-order valence-corrected chi connectivity index (χ1v) is 3.69. The zero-order chi connectivity index (χ0) is 9.99. The van der Waals surface area contributed by atoms with Gasteiger partial charge in [-0.3, -0.25) is 0 Å². The molecular weight excluding hydrogens is 243 g/mol. The van der Waals surface area contributed by atoms with Gasteiger partial charge >= 0.3 is 5.38 Å². The second kappa shape index (κ2) is 4.19. The third-order valence-electron chi connectivity index (χ3n) is 0.685. The summed E-state index contributed by atoms with van der Waals surface area (Å²) in [6, 6.07) is 0. The van der Waals surface area contributed by atoms with Crippen LogP contribution in [0.4, 0.5) is 13.2 Å². The van der Waals surface area contributed by atoms with Crippen molar-refractivity contribution in [2.45, 2.75) is 16.3 Å². The Labute approximate surface area is 81.1 Å².